The monoisotopic (exact) mass is 338 g/mol. The molecule has 0 atom stereocenters. The Hall–Kier alpha value is -2.75. The summed E-state index contributed by atoms with van der Waals surface area (Å²) >= 11 is 0. The normalized spacial score (nSPS) is 10.8. The fourth-order valence-corrected chi connectivity index (χ4v) is 2.51. The van der Waals surface area contributed by atoms with Crippen LogP contribution in [0.5, 0.6) is 17.2 Å². The van der Waals surface area contributed by atoms with Crippen LogP contribution >= 0.6 is 0 Å². The van der Waals surface area contributed by atoms with Gasteiger partial charge in [-0.2, -0.15) is 0 Å². The van der Waals surface area contributed by atoms with Crippen molar-refractivity contribution in [3.63, 3.8) is 0 Å². The maximum Gasteiger partial charge on any atom is 0.235 e. The molecule has 2 aromatic carbocycles. The van der Waals surface area contributed by atoms with Crippen molar-refractivity contribution < 1.29 is 13.9 Å². The fourth-order valence-electron chi connectivity index (χ4n) is 2.51. The summed E-state index contributed by atoms with van der Waals surface area (Å²) in [7, 11) is 0. The predicted molar refractivity (Wildman–Crippen MR) is 98.8 cm³/mol. The fraction of sp³-hybridized carbons (Fsp3) is 0.286. The number of ether oxygens (including phenoxy) is 2. The molecular weight excluding hydrogens is 316 g/mol. The van der Waals surface area contributed by atoms with Gasteiger partial charge in [-0.3, -0.25) is 4.79 Å². The molecule has 0 amide bonds. The minimum absolute atomic E-state index is 0.177. The van der Waals surface area contributed by atoms with Gasteiger partial charge in [0.2, 0.25) is 11.2 Å². The second kappa shape index (κ2) is 7.88. The van der Waals surface area contributed by atoms with Gasteiger partial charge in [0.25, 0.3) is 0 Å². The van der Waals surface area contributed by atoms with Gasteiger partial charge in [0.1, 0.15) is 23.3 Å². The van der Waals surface area contributed by atoms with Crippen LogP contribution < -0.4 is 14.9 Å². The quantitative estimate of drug-likeness (QED) is 0.547. The zero-order chi connectivity index (χ0) is 17.6. The number of unbranched alkanes of at least 4 members (excludes halogenated alkanes) is 1. The van der Waals surface area contributed by atoms with Gasteiger partial charge in [-0.25, -0.2) is 0 Å². The largest absolute Gasteiger partial charge is 0.493 e. The lowest BCUT2D eigenvalue weighted by molar-refractivity contribution is 0.309. The molecule has 0 radical (unpaired) electrons. The number of aryl methyl sites for hydroxylation is 1. The summed E-state index contributed by atoms with van der Waals surface area (Å²) in [4.78, 5) is 12.6. The summed E-state index contributed by atoms with van der Waals surface area (Å²) in [5.41, 5.74) is 1.52. The van der Waals surface area contributed by atoms with E-state index in [0.717, 1.165) is 19.3 Å². The van der Waals surface area contributed by atoms with Gasteiger partial charge < -0.3 is 13.9 Å². The van der Waals surface area contributed by atoms with Crippen molar-refractivity contribution in [1.82, 2.24) is 0 Å². The average Bonchev–Trinajstić information content (AvgIpc) is 2.65. The Morgan fingerprint density at radius 1 is 1.00 bits per heavy atom. The van der Waals surface area contributed by atoms with Crippen LogP contribution in [0.15, 0.2) is 57.9 Å². The van der Waals surface area contributed by atoms with Crippen molar-refractivity contribution >= 4 is 11.0 Å². The van der Waals surface area contributed by atoms with E-state index in [1.54, 1.807) is 18.2 Å². The molecule has 1 aromatic heterocycles. The first kappa shape index (κ1) is 17.1. The lowest BCUT2D eigenvalue weighted by Crippen LogP contribution is -2.05. The lowest BCUT2D eigenvalue weighted by atomic mass is 10.2. The van der Waals surface area contributed by atoms with Gasteiger partial charge in [0, 0.05) is 6.07 Å². The molecule has 0 fully saturated rings. The molecule has 0 bridgehead atoms. The van der Waals surface area contributed by atoms with Crippen molar-refractivity contribution in [3.8, 4) is 17.2 Å². The van der Waals surface area contributed by atoms with Crippen molar-refractivity contribution in [1.29, 1.82) is 0 Å². The molecule has 0 aliphatic rings. The Kier molecular flexibility index (Phi) is 5.39. The van der Waals surface area contributed by atoms with Crippen molar-refractivity contribution in [3.05, 3.63) is 64.5 Å². The number of rotatable bonds is 7. The second-order valence-electron chi connectivity index (χ2n) is 5.89. The third kappa shape index (κ3) is 4.02. The Labute approximate surface area is 147 Å². The molecular formula is C21H22O4. The van der Waals surface area contributed by atoms with Crippen molar-refractivity contribution in [2.24, 2.45) is 0 Å². The molecule has 4 heteroatoms. The molecule has 0 N–H and O–H groups in total. The Bertz CT molecular complexity index is 894. The van der Waals surface area contributed by atoms with E-state index >= 15 is 0 Å². The standard InChI is InChI=1S/C21H22O4/c1-3-5-12-23-17-10-11-18-19(13-17)24-14-20(21(18)22)25-16-8-6-15(4-2)7-9-16/h6-11,13-14H,3-5,12H2,1-2H3. The smallest absolute Gasteiger partial charge is 0.235 e. The first-order valence-corrected chi connectivity index (χ1v) is 8.66. The number of hydrogen-bond donors (Lipinski definition) is 0. The Morgan fingerprint density at radius 2 is 1.76 bits per heavy atom. The van der Waals surface area contributed by atoms with E-state index in [4.69, 9.17) is 13.9 Å². The van der Waals surface area contributed by atoms with Gasteiger partial charge in [-0.15, -0.1) is 0 Å². The molecule has 3 aromatic rings. The lowest BCUT2D eigenvalue weighted by Gasteiger charge is -2.08. The van der Waals surface area contributed by atoms with Crippen LogP contribution in [0, 0.1) is 0 Å². The Morgan fingerprint density at radius 3 is 2.48 bits per heavy atom. The number of fused-ring (bicyclic) bond motifs is 1. The molecule has 4 nitrogen and oxygen atoms in total. The van der Waals surface area contributed by atoms with E-state index in [1.165, 1.54) is 11.8 Å². The van der Waals surface area contributed by atoms with E-state index in [9.17, 15) is 4.79 Å². The molecule has 25 heavy (non-hydrogen) atoms. The van der Waals surface area contributed by atoms with Gasteiger partial charge in [-0.05, 0) is 42.7 Å². The van der Waals surface area contributed by atoms with E-state index in [2.05, 4.69) is 13.8 Å². The summed E-state index contributed by atoms with van der Waals surface area (Å²) in [5, 5.41) is 0.477. The topological polar surface area (TPSA) is 48.7 Å². The van der Waals surface area contributed by atoms with Gasteiger partial charge in [-0.1, -0.05) is 32.4 Å². The summed E-state index contributed by atoms with van der Waals surface area (Å²) in [6.45, 7) is 4.86. The maximum absolute atomic E-state index is 12.6. The van der Waals surface area contributed by atoms with Crippen LogP contribution in [0.3, 0.4) is 0 Å². The van der Waals surface area contributed by atoms with Crippen LogP contribution in [0.1, 0.15) is 32.3 Å². The third-order valence-corrected chi connectivity index (χ3v) is 4.04. The zero-order valence-electron chi connectivity index (χ0n) is 14.6. The average molecular weight is 338 g/mol. The first-order chi connectivity index (χ1) is 12.2. The third-order valence-electron chi connectivity index (χ3n) is 4.04. The molecule has 1 heterocycles. The SMILES string of the molecule is CCCCOc1ccc2c(=O)c(Oc3ccc(CC)cc3)coc2c1. The minimum atomic E-state index is -0.194. The highest BCUT2D eigenvalue weighted by Crippen LogP contribution is 2.24. The van der Waals surface area contributed by atoms with Crippen LogP contribution in [0.4, 0.5) is 0 Å². The van der Waals surface area contributed by atoms with Crippen molar-refractivity contribution in [2.75, 3.05) is 6.61 Å². The molecule has 3 rings (SSSR count). The predicted octanol–water partition coefficient (Wildman–Crippen LogP) is 5.33. The molecule has 0 saturated heterocycles. The van der Waals surface area contributed by atoms with Crippen LogP contribution in [-0.2, 0) is 6.42 Å². The van der Waals surface area contributed by atoms with E-state index < -0.39 is 0 Å². The van der Waals surface area contributed by atoms with Gasteiger partial charge in [0.15, 0.2) is 0 Å². The van der Waals surface area contributed by atoms with E-state index in [1.807, 2.05) is 24.3 Å². The summed E-state index contributed by atoms with van der Waals surface area (Å²) < 4.78 is 16.9. The number of benzene rings is 2. The van der Waals surface area contributed by atoms with Crippen LogP contribution in [-0.4, -0.2) is 6.61 Å². The highest BCUT2D eigenvalue weighted by Gasteiger charge is 2.10. The van der Waals surface area contributed by atoms with Crippen molar-refractivity contribution in [2.45, 2.75) is 33.1 Å². The molecule has 0 aliphatic heterocycles. The highest BCUT2D eigenvalue weighted by molar-refractivity contribution is 5.79. The summed E-state index contributed by atoms with van der Waals surface area (Å²) in [6.07, 6.45) is 4.38. The van der Waals surface area contributed by atoms with Crippen LogP contribution in [0.2, 0.25) is 0 Å². The van der Waals surface area contributed by atoms with E-state index in [-0.39, 0.29) is 11.2 Å². The number of hydrogen-bond acceptors (Lipinski definition) is 4. The zero-order valence-corrected chi connectivity index (χ0v) is 14.6. The highest BCUT2D eigenvalue weighted by atomic mass is 16.5. The first-order valence-electron chi connectivity index (χ1n) is 8.66. The van der Waals surface area contributed by atoms with Crippen LogP contribution in [0.25, 0.3) is 11.0 Å². The molecule has 130 valence electrons. The summed E-state index contributed by atoms with van der Waals surface area (Å²) in [6, 6.07) is 12.9. The maximum atomic E-state index is 12.6. The second-order valence-corrected chi connectivity index (χ2v) is 5.89. The molecule has 0 aliphatic carbocycles. The van der Waals surface area contributed by atoms with Gasteiger partial charge in [0.05, 0.1) is 12.0 Å². The molecule has 0 spiro atoms. The Balaban J connectivity index is 1.83. The molecule has 0 unspecified atom stereocenters. The summed E-state index contributed by atoms with van der Waals surface area (Å²) in [5.74, 6) is 1.49. The minimum Gasteiger partial charge on any atom is -0.493 e. The molecule has 0 saturated carbocycles. The van der Waals surface area contributed by atoms with Gasteiger partial charge >= 0.3 is 0 Å². The van der Waals surface area contributed by atoms with E-state index in [0.29, 0.717) is 29.1 Å².